The Balaban J connectivity index is 1.90. The van der Waals surface area contributed by atoms with Gasteiger partial charge in [-0.3, -0.25) is 9.59 Å². The molecule has 0 spiro atoms. The number of nitrogens with zero attached hydrogens (tertiary/aromatic N) is 2. The summed E-state index contributed by atoms with van der Waals surface area (Å²) < 4.78 is 5.89. The lowest BCUT2D eigenvalue weighted by molar-refractivity contribution is -0.145. The summed E-state index contributed by atoms with van der Waals surface area (Å²) in [7, 11) is 0. The van der Waals surface area contributed by atoms with Crippen LogP contribution in [0.4, 0.5) is 0 Å². The highest BCUT2D eigenvalue weighted by molar-refractivity contribution is 5.82. The van der Waals surface area contributed by atoms with Gasteiger partial charge in [0, 0.05) is 38.6 Å². The van der Waals surface area contributed by atoms with Crippen LogP contribution < -0.4 is 10.5 Å². The Morgan fingerprint density at radius 3 is 2.20 bits per heavy atom. The van der Waals surface area contributed by atoms with Crippen LogP contribution in [0.15, 0.2) is 24.3 Å². The number of piperazine rings is 1. The number of rotatable bonds is 6. The minimum atomic E-state index is -0.544. The van der Waals surface area contributed by atoms with E-state index in [1.165, 1.54) is 0 Å². The fourth-order valence-corrected chi connectivity index (χ4v) is 2.97. The molecule has 1 aliphatic heterocycles. The summed E-state index contributed by atoms with van der Waals surface area (Å²) in [5.41, 5.74) is 6.65. The van der Waals surface area contributed by atoms with E-state index in [0.29, 0.717) is 32.7 Å². The normalized spacial score (nSPS) is 17.1. The zero-order valence-electron chi connectivity index (χ0n) is 15.4. The number of para-hydroxylation sites is 1. The molecule has 1 heterocycles. The smallest absolute Gasteiger partial charge is 0.263 e. The van der Waals surface area contributed by atoms with E-state index in [9.17, 15) is 9.59 Å². The minimum Gasteiger partial charge on any atom is -0.481 e. The molecule has 1 aromatic carbocycles. The van der Waals surface area contributed by atoms with Crippen molar-refractivity contribution in [3.05, 3.63) is 29.8 Å². The Kier molecular flexibility index (Phi) is 6.82. The maximum absolute atomic E-state index is 12.6. The van der Waals surface area contributed by atoms with Gasteiger partial charge in [-0.15, -0.1) is 0 Å². The number of aryl methyl sites for hydroxylation is 1. The van der Waals surface area contributed by atoms with Crippen LogP contribution in [0.1, 0.15) is 26.3 Å². The van der Waals surface area contributed by atoms with E-state index in [2.05, 4.69) is 6.92 Å². The SMILES string of the molecule is CCc1ccccc1OC(C)C(=O)N1CCN(C(=O)C(C)CN)CC1. The first-order chi connectivity index (χ1) is 12.0. The van der Waals surface area contributed by atoms with Gasteiger partial charge in [0.2, 0.25) is 5.91 Å². The molecule has 2 rings (SSSR count). The van der Waals surface area contributed by atoms with Crippen molar-refractivity contribution in [2.24, 2.45) is 11.7 Å². The minimum absolute atomic E-state index is 0.0371. The Morgan fingerprint density at radius 1 is 1.08 bits per heavy atom. The monoisotopic (exact) mass is 347 g/mol. The van der Waals surface area contributed by atoms with Crippen molar-refractivity contribution in [1.82, 2.24) is 9.80 Å². The van der Waals surface area contributed by atoms with Gasteiger partial charge in [0.1, 0.15) is 5.75 Å². The Bertz CT molecular complexity index is 597. The van der Waals surface area contributed by atoms with Gasteiger partial charge in [-0.1, -0.05) is 32.0 Å². The van der Waals surface area contributed by atoms with E-state index in [1.54, 1.807) is 16.7 Å². The fourth-order valence-electron chi connectivity index (χ4n) is 2.97. The predicted molar refractivity (Wildman–Crippen MR) is 97.3 cm³/mol. The molecule has 6 heteroatoms. The molecule has 2 unspecified atom stereocenters. The summed E-state index contributed by atoms with van der Waals surface area (Å²) >= 11 is 0. The maximum atomic E-state index is 12.6. The van der Waals surface area contributed by atoms with Gasteiger partial charge >= 0.3 is 0 Å². The first-order valence-electron chi connectivity index (χ1n) is 9.00. The summed E-state index contributed by atoms with van der Waals surface area (Å²) in [6.07, 6.45) is 0.315. The van der Waals surface area contributed by atoms with Gasteiger partial charge in [0.15, 0.2) is 6.10 Å². The largest absolute Gasteiger partial charge is 0.481 e. The van der Waals surface area contributed by atoms with E-state index < -0.39 is 6.10 Å². The molecule has 0 aliphatic carbocycles. The van der Waals surface area contributed by atoms with E-state index >= 15 is 0 Å². The number of hydrogen-bond acceptors (Lipinski definition) is 4. The van der Waals surface area contributed by atoms with E-state index in [1.807, 2.05) is 31.2 Å². The third-order valence-corrected chi connectivity index (χ3v) is 4.68. The van der Waals surface area contributed by atoms with Crippen LogP contribution in [0.2, 0.25) is 0 Å². The topological polar surface area (TPSA) is 75.9 Å². The molecule has 0 bridgehead atoms. The highest BCUT2D eigenvalue weighted by Gasteiger charge is 2.29. The van der Waals surface area contributed by atoms with Crippen molar-refractivity contribution >= 4 is 11.8 Å². The molecule has 2 N–H and O–H groups in total. The van der Waals surface area contributed by atoms with Crippen LogP contribution in [-0.2, 0) is 16.0 Å². The third-order valence-electron chi connectivity index (χ3n) is 4.68. The zero-order chi connectivity index (χ0) is 18.4. The molecule has 1 aromatic rings. The summed E-state index contributed by atoms with van der Waals surface area (Å²) in [5.74, 6) is 0.618. The van der Waals surface area contributed by atoms with Gasteiger partial charge in [0.25, 0.3) is 5.91 Å². The third kappa shape index (κ3) is 4.72. The molecular formula is C19H29N3O3. The second-order valence-corrected chi connectivity index (χ2v) is 6.51. The first-order valence-corrected chi connectivity index (χ1v) is 9.00. The van der Waals surface area contributed by atoms with Crippen LogP contribution in [-0.4, -0.2) is 60.4 Å². The van der Waals surface area contributed by atoms with Crippen molar-refractivity contribution in [1.29, 1.82) is 0 Å². The summed E-state index contributed by atoms with van der Waals surface area (Å²) in [5, 5.41) is 0. The molecule has 0 aromatic heterocycles. The van der Waals surface area contributed by atoms with Crippen LogP contribution >= 0.6 is 0 Å². The van der Waals surface area contributed by atoms with Crippen LogP contribution in [0.5, 0.6) is 5.75 Å². The molecular weight excluding hydrogens is 318 g/mol. The number of carbonyl (C=O) groups is 2. The van der Waals surface area contributed by atoms with Crippen LogP contribution in [0, 0.1) is 5.92 Å². The number of hydrogen-bond donors (Lipinski definition) is 1. The zero-order valence-corrected chi connectivity index (χ0v) is 15.4. The van der Waals surface area contributed by atoms with Crippen LogP contribution in [0.3, 0.4) is 0 Å². The number of ether oxygens (including phenoxy) is 1. The molecule has 1 fully saturated rings. The summed E-state index contributed by atoms with van der Waals surface area (Å²) in [6, 6.07) is 7.79. The second-order valence-electron chi connectivity index (χ2n) is 6.51. The number of nitrogens with two attached hydrogens (primary N) is 1. The molecule has 1 saturated heterocycles. The van der Waals surface area contributed by atoms with E-state index in [0.717, 1.165) is 17.7 Å². The van der Waals surface area contributed by atoms with Crippen molar-refractivity contribution in [2.45, 2.75) is 33.3 Å². The maximum Gasteiger partial charge on any atom is 0.263 e. The lowest BCUT2D eigenvalue weighted by atomic mass is 10.1. The van der Waals surface area contributed by atoms with Crippen molar-refractivity contribution in [3.8, 4) is 5.75 Å². The molecule has 25 heavy (non-hydrogen) atoms. The second kappa shape index (κ2) is 8.85. The summed E-state index contributed by atoms with van der Waals surface area (Å²) in [4.78, 5) is 28.4. The summed E-state index contributed by atoms with van der Waals surface area (Å²) in [6.45, 7) is 8.19. The average molecular weight is 347 g/mol. The lowest BCUT2D eigenvalue weighted by Crippen LogP contribution is -2.54. The average Bonchev–Trinajstić information content (AvgIpc) is 2.66. The molecule has 6 nitrogen and oxygen atoms in total. The fraction of sp³-hybridized carbons (Fsp3) is 0.579. The first kappa shape index (κ1) is 19.2. The van der Waals surface area contributed by atoms with Crippen molar-refractivity contribution in [2.75, 3.05) is 32.7 Å². The van der Waals surface area contributed by atoms with Crippen LogP contribution in [0.25, 0.3) is 0 Å². The quantitative estimate of drug-likeness (QED) is 0.841. The predicted octanol–water partition coefficient (Wildman–Crippen LogP) is 1.28. The molecule has 2 amide bonds. The van der Waals surface area contributed by atoms with Gasteiger partial charge in [-0.05, 0) is 25.0 Å². The van der Waals surface area contributed by atoms with E-state index in [-0.39, 0.29) is 17.7 Å². The molecule has 2 atom stereocenters. The lowest BCUT2D eigenvalue weighted by Gasteiger charge is -2.36. The molecule has 138 valence electrons. The van der Waals surface area contributed by atoms with E-state index in [4.69, 9.17) is 10.5 Å². The van der Waals surface area contributed by atoms with Gasteiger partial charge < -0.3 is 20.3 Å². The molecule has 0 saturated carbocycles. The van der Waals surface area contributed by atoms with Gasteiger partial charge in [0.05, 0.1) is 0 Å². The highest BCUT2D eigenvalue weighted by Crippen LogP contribution is 2.20. The molecule has 0 radical (unpaired) electrons. The number of benzene rings is 1. The Morgan fingerprint density at radius 2 is 1.64 bits per heavy atom. The highest BCUT2D eigenvalue weighted by atomic mass is 16.5. The number of carbonyl (C=O) groups excluding carboxylic acids is 2. The van der Waals surface area contributed by atoms with Crippen molar-refractivity contribution < 1.29 is 14.3 Å². The Labute approximate surface area is 149 Å². The molecule has 1 aliphatic rings. The Hall–Kier alpha value is -2.08. The van der Waals surface area contributed by atoms with Gasteiger partial charge in [-0.2, -0.15) is 0 Å². The standard InChI is InChI=1S/C19H29N3O3/c1-4-16-7-5-6-8-17(16)25-15(3)19(24)22-11-9-21(10-12-22)18(23)14(2)13-20/h5-8,14-15H,4,9-13,20H2,1-3H3. The van der Waals surface area contributed by atoms with Crippen molar-refractivity contribution in [3.63, 3.8) is 0 Å². The number of amides is 2. The van der Waals surface area contributed by atoms with Gasteiger partial charge in [-0.25, -0.2) is 0 Å².